The molecule has 1 amide bonds. The Morgan fingerprint density at radius 1 is 1.33 bits per heavy atom. The van der Waals surface area contributed by atoms with Gasteiger partial charge in [0, 0.05) is 12.1 Å². The molecule has 0 aliphatic rings. The molecule has 0 fully saturated rings. The van der Waals surface area contributed by atoms with Gasteiger partial charge in [0.25, 0.3) is 5.91 Å². The quantitative estimate of drug-likeness (QED) is 0.683. The molecule has 0 saturated carbocycles. The van der Waals surface area contributed by atoms with E-state index in [0.29, 0.717) is 36.1 Å². The fraction of sp³-hybridized carbons (Fsp3) is 0.588. The van der Waals surface area contributed by atoms with Crippen LogP contribution in [0.1, 0.15) is 56.8 Å². The number of hydrogen-bond acceptors (Lipinski definition) is 3. The van der Waals surface area contributed by atoms with E-state index in [1.54, 1.807) is 18.2 Å². The van der Waals surface area contributed by atoms with Crippen molar-refractivity contribution in [3.05, 3.63) is 23.8 Å². The molecule has 0 spiro atoms. The molecule has 0 aromatic heterocycles. The largest absolute Gasteiger partial charge is 0.491 e. The highest BCUT2D eigenvalue weighted by molar-refractivity contribution is 5.95. The van der Waals surface area contributed by atoms with E-state index in [1.165, 1.54) is 19.3 Å². The summed E-state index contributed by atoms with van der Waals surface area (Å²) in [5.74, 6) is 1.12. The number of nitrogens with one attached hydrogen (secondary N) is 1. The Morgan fingerprint density at radius 2 is 2.10 bits per heavy atom. The fourth-order valence-corrected chi connectivity index (χ4v) is 2.19. The molecule has 0 saturated heterocycles. The van der Waals surface area contributed by atoms with Crippen LogP contribution in [-0.2, 0) is 0 Å². The molecule has 1 unspecified atom stereocenters. The Hall–Kier alpha value is -1.71. The molecule has 0 aliphatic heterocycles. The number of carbonyl (C=O) groups excluding carboxylic acids is 1. The number of anilines is 1. The van der Waals surface area contributed by atoms with Gasteiger partial charge in [-0.25, -0.2) is 0 Å². The van der Waals surface area contributed by atoms with Crippen molar-refractivity contribution in [2.45, 2.75) is 46.5 Å². The molecule has 1 aromatic carbocycles. The highest BCUT2D eigenvalue weighted by atomic mass is 16.5. The summed E-state index contributed by atoms with van der Waals surface area (Å²) in [7, 11) is 0. The standard InChI is InChI=1S/C17H28N2O2/c1-4-7-8-13(5-2)12-21-16-10-9-14(11-15(16)18)17(20)19-6-3/h9-11,13H,4-8,12,18H2,1-3H3,(H,19,20). The van der Waals surface area contributed by atoms with Crippen LogP contribution in [0.4, 0.5) is 5.69 Å². The molecule has 21 heavy (non-hydrogen) atoms. The van der Waals surface area contributed by atoms with Crippen molar-refractivity contribution in [2.75, 3.05) is 18.9 Å². The van der Waals surface area contributed by atoms with Crippen molar-refractivity contribution in [2.24, 2.45) is 5.92 Å². The van der Waals surface area contributed by atoms with Gasteiger partial charge in [0.15, 0.2) is 0 Å². The molecule has 1 aromatic rings. The van der Waals surface area contributed by atoms with Crippen LogP contribution in [-0.4, -0.2) is 19.1 Å². The first-order valence-electron chi connectivity index (χ1n) is 7.92. The zero-order valence-electron chi connectivity index (χ0n) is 13.4. The number of ether oxygens (including phenoxy) is 1. The van der Waals surface area contributed by atoms with E-state index in [0.717, 1.165) is 6.42 Å². The summed E-state index contributed by atoms with van der Waals surface area (Å²) in [6.07, 6.45) is 4.73. The Balaban J connectivity index is 2.61. The van der Waals surface area contributed by atoms with Crippen LogP contribution in [0.2, 0.25) is 0 Å². The van der Waals surface area contributed by atoms with Crippen molar-refractivity contribution in [3.8, 4) is 5.75 Å². The Labute approximate surface area is 128 Å². The van der Waals surface area contributed by atoms with E-state index in [4.69, 9.17) is 10.5 Å². The van der Waals surface area contributed by atoms with Crippen LogP contribution in [0.5, 0.6) is 5.75 Å². The topological polar surface area (TPSA) is 64.3 Å². The first kappa shape index (κ1) is 17.3. The van der Waals surface area contributed by atoms with Crippen LogP contribution in [0.3, 0.4) is 0 Å². The molecular weight excluding hydrogens is 264 g/mol. The first-order chi connectivity index (χ1) is 10.1. The molecule has 118 valence electrons. The summed E-state index contributed by atoms with van der Waals surface area (Å²) in [5, 5.41) is 2.76. The SMILES string of the molecule is CCCCC(CC)COc1ccc(C(=O)NCC)cc1N. The van der Waals surface area contributed by atoms with Gasteiger partial charge in [0.2, 0.25) is 0 Å². The van der Waals surface area contributed by atoms with Crippen molar-refractivity contribution in [1.29, 1.82) is 0 Å². The van der Waals surface area contributed by atoms with Gasteiger partial charge < -0.3 is 15.8 Å². The fourth-order valence-electron chi connectivity index (χ4n) is 2.19. The maximum atomic E-state index is 11.7. The van der Waals surface area contributed by atoms with Gasteiger partial charge in [-0.15, -0.1) is 0 Å². The van der Waals surface area contributed by atoms with Crippen LogP contribution >= 0.6 is 0 Å². The van der Waals surface area contributed by atoms with Gasteiger partial charge in [-0.2, -0.15) is 0 Å². The summed E-state index contributed by atoms with van der Waals surface area (Å²) in [5.41, 5.74) is 7.06. The minimum Gasteiger partial charge on any atom is -0.491 e. The van der Waals surface area contributed by atoms with Crippen molar-refractivity contribution < 1.29 is 9.53 Å². The molecule has 4 heteroatoms. The number of benzene rings is 1. The van der Waals surface area contributed by atoms with E-state index in [1.807, 2.05) is 6.92 Å². The number of nitrogen functional groups attached to an aromatic ring is 1. The van der Waals surface area contributed by atoms with Crippen LogP contribution in [0.25, 0.3) is 0 Å². The lowest BCUT2D eigenvalue weighted by Crippen LogP contribution is -2.22. The second-order valence-corrected chi connectivity index (χ2v) is 5.34. The van der Waals surface area contributed by atoms with Crippen LogP contribution in [0, 0.1) is 5.92 Å². The predicted molar refractivity (Wildman–Crippen MR) is 87.7 cm³/mol. The summed E-state index contributed by atoms with van der Waals surface area (Å²) < 4.78 is 5.82. The first-order valence-corrected chi connectivity index (χ1v) is 7.92. The number of carbonyl (C=O) groups is 1. The summed E-state index contributed by atoms with van der Waals surface area (Å²) in [6.45, 7) is 7.56. The van der Waals surface area contributed by atoms with Gasteiger partial charge in [-0.05, 0) is 37.5 Å². The van der Waals surface area contributed by atoms with Gasteiger partial charge in [-0.3, -0.25) is 4.79 Å². The van der Waals surface area contributed by atoms with E-state index >= 15 is 0 Å². The number of unbranched alkanes of at least 4 members (excludes halogenated alkanes) is 1. The highest BCUT2D eigenvalue weighted by Crippen LogP contribution is 2.24. The number of rotatable bonds is 9. The third-order valence-corrected chi connectivity index (χ3v) is 3.63. The number of amides is 1. The van der Waals surface area contributed by atoms with Gasteiger partial charge in [0.05, 0.1) is 12.3 Å². The molecule has 1 rings (SSSR count). The van der Waals surface area contributed by atoms with Gasteiger partial charge >= 0.3 is 0 Å². The summed E-state index contributed by atoms with van der Waals surface area (Å²) in [6, 6.07) is 5.21. The Bertz CT molecular complexity index is 446. The summed E-state index contributed by atoms with van der Waals surface area (Å²) in [4.78, 5) is 11.7. The molecule has 0 aliphatic carbocycles. The predicted octanol–water partition coefficient (Wildman–Crippen LogP) is 3.61. The molecule has 0 radical (unpaired) electrons. The highest BCUT2D eigenvalue weighted by Gasteiger charge is 2.11. The van der Waals surface area contributed by atoms with Gasteiger partial charge in [-0.1, -0.05) is 33.1 Å². The monoisotopic (exact) mass is 292 g/mol. The van der Waals surface area contributed by atoms with Crippen molar-refractivity contribution in [1.82, 2.24) is 5.32 Å². The second kappa shape index (κ2) is 9.27. The maximum absolute atomic E-state index is 11.7. The second-order valence-electron chi connectivity index (χ2n) is 5.34. The lowest BCUT2D eigenvalue weighted by Gasteiger charge is -2.17. The molecular formula is C17H28N2O2. The lowest BCUT2D eigenvalue weighted by molar-refractivity contribution is 0.0956. The molecule has 0 heterocycles. The van der Waals surface area contributed by atoms with E-state index in [-0.39, 0.29) is 5.91 Å². The van der Waals surface area contributed by atoms with Crippen molar-refractivity contribution >= 4 is 11.6 Å². The molecule has 4 nitrogen and oxygen atoms in total. The minimum atomic E-state index is -0.106. The Kier molecular flexibility index (Phi) is 7.65. The van der Waals surface area contributed by atoms with Crippen molar-refractivity contribution in [3.63, 3.8) is 0 Å². The zero-order valence-corrected chi connectivity index (χ0v) is 13.4. The van der Waals surface area contributed by atoms with Gasteiger partial charge in [0.1, 0.15) is 5.75 Å². The smallest absolute Gasteiger partial charge is 0.251 e. The normalized spacial score (nSPS) is 12.0. The minimum absolute atomic E-state index is 0.106. The third-order valence-electron chi connectivity index (χ3n) is 3.63. The summed E-state index contributed by atoms with van der Waals surface area (Å²) >= 11 is 0. The average Bonchev–Trinajstić information content (AvgIpc) is 2.48. The molecule has 3 N–H and O–H groups in total. The third kappa shape index (κ3) is 5.66. The van der Waals surface area contributed by atoms with Crippen LogP contribution in [0.15, 0.2) is 18.2 Å². The lowest BCUT2D eigenvalue weighted by atomic mass is 10.0. The van der Waals surface area contributed by atoms with E-state index in [9.17, 15) is 4.79 Å². The van der Waals surface area contributed by atoms with Crippen LogP contribution < -0.4 is 15.8 Å². The maximum Gasteiger partial charge on any atom is 0.251 e. The number of hydrogen-bond donors (Lipinski definition) is 2. The molecule has 1 atom stereocenters. The average molecular weight is 292 g/mol. The zero-order chi connectivity index (χ0) is 15.7. The van der Waals surface area contributed by atoms with E-state index < -0.39 is 0 Å². The number of nitrogens with two attached hydrogens (primary N) is 1. The molecule has 0 bridgehead atoms. The van der Waals surface area contributed by atoms with E-state index in [2.05, 4.69) is 19.2 Å². The Morgan fingerprint density at radius 3 is 2.67 bits per heavy atom.